The van der Waals surface area contributed by atoms with Crippen molar-refractivity contribution >= 4 is 17.3 Å². The van der Waals surface area contributed by atoms with Gasteiger partial charge in [0.1, 0.15) is 11.5 Å². The van der Waals surface area contributed by atoms with E-state index in [4.69, 9.17) is 4.52 Å². The summed E-state index contributed by atoms with van der Waals surface area (Å²) >= 11 is 0. The minimum atomic E-state index is -0.451. The first-order valence-electron chi connectivity index (χ1n) is 11.7. The Kier molecular flexibility index (Phi) is 7.25. The zero-order chi connectivity index (χ0) is 24.1. The molecule has 8 nitrogen and oxygen atoms in total. The number of piperidine rings is 1. The molecule has 1 aromatic heterocycles. The van der Waals surface area contributed by atoms with Gasteiger partial charge in [0, 0.05) is 56.9 Å². The fourth-order valence-corrected chi connectivity index (χ4v) is 4.31. The number of nitro benzene ring substituents is 1. The first kappa shape index (κ1) is 23.5. The Bertz CT molecular complexity index is 1140. The smallest absolute Gasteiger partial charge is 0.270 e. The van der Waals surface area contributed by atoms with Crippen molar-refractivity contribution in [2.45, 2.75) is 32.6 Å². The third kappa shape index (κ3) is 5.44. The highest BCUT2D eigenvalue weighted by Gasteiger charge is 2.25. The van der Waals surface area contributed by atoms with Crippen LogP contribution >= 0.6 is 0 Å². The van der Waals surface area contributed by atoms with Gasteiger partial charge in [-0.15, -0.1) is 0 Å². The number of non-ortho nitro benzene ring substituents is 1. The van der Waals surface area contributed by atoms with Crippen LogP contribution in [0.5, 0.6) is 0 Å². The van der Waals surface area contributed by atoms with Crippen molar-refractivity contribution in [3.63, 3.8) is 0 Å². The highest BCUT2D eigenvalue weighted by atomic mass is 16.6. The highest BCUT2D eigenvalue weighted by molar-refractivity contribution is 6.00. The van der Waals surface area contributed by atoms with E-state index in [2.05, 4.69) is 17.0 Å². The molecule has 0 unspecified atom stereocenters. The molecule has 0 spiro atoms. The molecule has 0 atom stereocenters. The largest absolute Gasteiger partial charge is 0.371 e. The van der Waals surface area contributed by atoms with Crippen molar-refractivity contribution in [1.29, 1.82) is 0 Å². The van der Waals surface area contributed by atoms with E-state index in [0.717, 1.165) is 48.6 Å². The van der Waals surface area contributed by atoms with E-state index >= 15 is 0 Å². The molecule has 1 fully saturated rings. The van der Waals surface area contributed by atoms with Gasteiger partial charge in [-0.2, -0.15) is 0 Å². The van der Waals surface area contributed by atoms with Gasteiger partial charge in [-0.3, -0.25) is 14.9 Å². The summed E-state index contributed by atoms with van der Waals surface area (Å²) in [6.07, 6.45) is 3.42. The Hall–Kier alpha value is -3.68. The quantitative estimate of drug-likeness (QED) is 0.338. The van der Waals surface area contributed by atoms with E-state index in [1.165, 1.54) is 12.1 Å². The van der Waals surface area contributed by atoms with Gasteiger partial charge in [-0.05, 0) is 31.2 Å². The van der Waals surface area contributed by atoms with Gasteiger partial charge in [0.2, 0.25) is 0 Å². The molecule has 1 saturated heterocycles. The maximum absolute atomic E-state index is 13.3. The normalized spacial score (nSPS) is 14.2. The van der Waals surface area contributed by atoms with E-state index in [9.17, 15) is 14.9 Å². The van der Waals surface area contributed by atoms with Crippen LogP contribution in [0.2, 0.25) is 0 Å². The second-order valence-electron chi connectivity index (χ2n) is 9.00. The monoisotopic (exact) mass is 462 g/mol. The minimum Gasteiger partial charge on any atom is -0.371 e. The summed E-state index contributed by atoms with van der Waals surface area (Å²) in [7, 11) is 1.74. The number of anilines is 1. The fourth-order valence-electron chi connectivity index (χ4n) is 4.31. The lowest BCUT2D eigenvalue weighted by Gasteiger charge is -2.33. The minimum absolute atomic E-state index is 0.0685. The lowest BCUT2D eigenvalue weighted by Crippen LogP contribution is -2.35. The van der Waals surface area contributed by atoms with Crippen LogP contribution in [0.1, 0.15) is 42.3 Å². The molecular formula is C26H30N4O4. The van der Waals surface area contributed by atoms with E-state index in [1.807, 2.05) is 36.4 Å². The predicted octanol–water partition coefficient (Wildman–Crippen LogP) is 5.19. The molecule has 3 aromatic rings. The van der Waals surface area contributed by atoms with Crippen LogP contribution in [0.25, 0.3) is 11.3 Å². The summed E-state index contributed by atoms with van der Waals surface area (Å²) in [6.45, 7) is 4.42. The van der Waals surface area contributed by atoms with Crippen molar-refractivity contribution in [3.05, 3.63) is 76.0 Å². The van der Waals surface area contributed by atoms with Crippen molar-refractivity contribution in [1.82, 2.24) is 10.1 Å². The summed E-state index contributed by atoms with van der Waals surface area (Å²) in [5.74, 6) is 1.20. The number of nitrogens with zero attached hydrogens (tertiary/aromatic N) is 4. The van der Waals surface area contributed by atoms with Gasteiger partial charge >= 0.3 is 0 Å². The Morgan fingerprint density at radius 3 is 2.62 bits per heavy atom. The van der Waals surface area contributed by atoms with Crippen LogP contribution in [0.15, 0.2) is 59.1 Å². The second-order valence-corrected chi connectivity index (χ2v) is 9.00. The number of aromatic nitrogens is 1. The van der Waals surface area contributed by atoms with Crippen LogP contribution < -0.4 is 4.90 Å². The maximum atomic E-state index is 13.3. The lowest BCUT2D eigenvalue weighted by molar-refractivity contribution is -0.384. The molecule has 0 saturated carbocycles. The molecule has 1 aliphatic rings. The van der Waals surface area contributed by atoms with E-state index < -0.39 is 4.92 Å². The first-order valence-corrected chi connectivity index (χ1v) is 11.7. The van der Waals surface area contributed by atoms with E-state index in [1.54, 1.807) is 18.0 Å². The average molecular weight is 463 g/mol. The summed E-state index contributed by atoms with van der Waals surface area (Å²) < 4.78 is 5.46. The SMILES string of the molecule is CC1CCN(c2ccc([N+](=O)[O-])cc2C(=O)N(C)CCCc2cc(-c3ccccc3)no2)CC1. The number of rotatable bonds is 8. The van der Waals surface area contributed by atoms with Gasteiger partial charge in [0.15, 0.2) is 0 Å². The Balaban J connectivity index is 1.42. The number of carbonyl (C=O) groups excluding carboxylic acids is 1. The van der Waals surface area contributed by atoms with Crippen molar-refractivity contribution < 1.29 is 14.2 Å². The van der Waals surface area contributed by atoms with Gasteiger partial charge in [-0.1, -0.05) is 42.4 Å². The first-order chi connectivity index (χ1) is 16.4. The van der Waals surface area contributed by atoms with Gasteiger partial charge in [0.05, 0.1) is 16.2 Å². The molecule has 34 heavy (non-hydrogen) atoms. The standard InChI is InChI=1S/C26H30N4O4/c1-19-12-15-29(16-13-19)25-11-10-21(30(32)33)17-23(25)26(31)28(2)14-6-9-22-18-24(27-34-22)20-7-4-3-5-8-20/h3-5,7-8,10-11,17-19H,6,9,12-16H2,1-2H3. The Morgan fingerprint density at radius 1 is 1.18 bits per heavy atom. The fraction of sp³-hybridized carbons (Fsp3) is 0.385. The zero-order valence-electron chi connectivity index (χ0n) is 19.6. The summed E-state index contributed by atoms with van der Waals surface area (Å²) in [6, 6.07) is 16.4. The number of hydrogen-bond acceptors (Lipinski definition) is 6. The molecular weight excluding hydrogens is 432 g/mol. The number of hydrogen-bond donors (Lipinski definition) is 0. The molecule has 0 radical (unpaired) electrons. The molecule has 8 heteroatoms. The molecule has 1 aliphatic heterocycles. The number of amides is 1. The topological polar surface area (TPSA) is 92.7 Å². The average Bonchev–Trinajstić information content (AvgIpc) is 3.33. The maximum Gasteiger partial charge on any atom is 0.270 e. The van der Waals surface area contributed by atoms with Crippen LogP contribution in [-0.4, -0.2) is 47.6 Å². The third-order valence-electron chi connectivity index (χ3n) is 6.44. The van der Waals surface area contributed by atoms with Crippen LogP contribution in [0, 0.1) is 16.0 Å². The summed E-state index contributed by atoms with van der Waals surface area (Å²) in [5.41, 5.74) is 2.88. The Morgan fingerprint density at radius 2 is 1.91 bits per heavy atom. The molecule has 0 bridgehead atoms. The van der Waals surface area contributed by atoms with Crippen molar-refractivity contribution in [2.24, 2.45) is 5.92 Å². The van der Waals surface area contributed by atoms with E-state index in [-0.39, 0.29) is 11.6 Å². The highest BCUT2D eigenvalue weighted by Crippen LogP contribution is 2.30. The van der Waals surface area contributed by atoms with E-state index in [0.29, 0.717) is 30.9 Å². The van der Waals surface area contributed by atoms with Crippen LogP contribution in [0.3, 0.4) is 0 Å². The van der Waals surface area contributed by atoms with Gasteiger partial charge in [-0.25, -0.2) is 0 Å². The molecule has 0 aliphatic carbocycles. The number of aryl methyl sites for hydroxylation is 1. The summed E-state index contributed by atoms with van der Waals surface area (Å²) in [5, 5.41) is 15.5. The van der Waals surface area contributed by atoms with Gasteiger partial charge in [0.25, 0.3) is 11.6 Å². The molecule has 2 aromatic carbocycles. The molecule has 4 rings (SSSR count). The van der Waals surface area contributed by atoms with Gasteiger partial charge < -0.3 is 14.3 Å². The van der Waals surface area contributed by atoms with Crippen LogP contribution in [0.4, 0.5) is 11.4 Å². The number of benzene rings is 2. The zero-order valence-corrected chi connectivity index (χ0v) is 19.6. The molecule has 178 valence electrons. The number of carbonyl (C=O) groups is 1. The van der Waals surface area contributed by atoms with Crippen molar-refractivity contribution in [3.8, 4) is 11.3 Å². The third-order valence-corrected chi connectivity index (χ3v) is 6.44. The number of nitro groups is 1. The lowest BCUT2D eigenvalue weighted by atomic mass is 9.97. The Labute approximate surface area is 199 Å². The van der Waals surface area contributed by atoms with Crippen molar-refractivity contribution in [2.75, 3.05) is 31.6 Å². The molecule has 2 heterocycles. The molecule has 0 N–H and O–H groups in total. The second kappa shape index (κ2) is 10.5. The molecule has 1 amide bonds. The van der Waals surface area contributed by atoms with Crippen LogP contribution in [-0.2, 0) is 6.42 Å². The predicted molar refractivity (Wildman–Crippen MR) is 131 cm³/mol. The summed E-state index contributed by atoms with van der Waals surface area (Å²) in [4.78, 5) is 28.0.